The molecule has 4 atom stereocenters. The molecular weight excluding hydrogens is 96.1 g/mol. The van der Waals surface area contributed by atoms with Crippen LogP contribution in [0.4, 0.5) is 0 Å². The molecule has 0 aromatic carbocycles. The van der Waals surface area contributed by atoms with Crippen molar-refractivity contribution in [1.29, 1.82) is 0 Å². The molecule has 0 aliphatic heterocycles. The molecule has 0 aromatic rings. The Balaban J connectivity index is 2.12. The van der Waals surface area contributed by atoms with Gasteiger partial charge in [-0.2, -0.15) is 0 Å². The van der Waals surface area contributed by atoms with Gasteiger partial charge in [-0.05, 0) is 36.5 Å². The molecule has 0 heterocycles. The van der Waals surface area contributed by atoms with Crippen LogP contribution in [0.5, 0.6) is 0 Å². The lowest BCUT2D eigenvalue weighted by atomic mass is 10.1. The van der Waals surface area contributed by atoms with Crippen LogP contribution in [0.15, 0.2) is 12.2 Å². The molecule has 2 bridgehead atoms. The van der Waals surface area contributed by atoms with Gasteiger partial charge in [0, 0.05) is 0 Å². The van der Waals surface area contributed by atoms with Crippen molar-refractivity contribution in [3.63, 3.8) is 0 Å². The highest BCUT2D eigenvalue weighted by molar-refractivity contribution is 5.20. The van der Waals surface area contributed by atoms with Gasteiger partial charge in [-0.25, -0.2) is 0 Å². The number of allylic oxidation sites excluding steroid dienone is 2. The van der Waals surface area contributed by atoms with E-state index < -0.39 is 0 Å². The van der Waals surface area contributed by atoms with E-state index in [1.807, 2.05) is 0 Å². The number of hydrogen-bond acceptors (Lipinski definition) is 0. The molecule has 0 N–H and O–H groups in total. The van der Waals surface area contributed by atoms with Crippen molar-refractivity contribution < 1.29 is 0 Å². The summed E-state index contributed by atoms with van der Waals surface area (Å²) in [7, 11) is 0. The summed E-state index contributed by atoms with van der Waals surface area (Å²) in [6.07, 6.45) is 7.95. The number of fused-ring (bicyclic) bond motifs is 5. The second-order valence-electron chi connectivity index (χ2n) is 3.51. The van der Waals surface area contributed by atoms with Gasteiger partial charge >= 0.3 is 0 Å². The maximum Gasteiger partial charge on any atom is -0.0196 e. The van der Waals surface area contributed by atoms with Gasteiger partial charge in [0.25, 0.3) is 0 Å². The van der Waals surface area contributed by atoms with Crippen LogP contribution in [0, 0.1) is 23.7 Å². The molecule has 0 spiro atoms. The van der Waals surface area contributed by atoms with E-state index in [0.29, 0.717) is 0 Å². The van der Waals surface area contributed by atoms with E-state index in [0.717, 1.165) is 23.7 Å². The first-order valence-corrected chi connectivity index (χ1v) is 3.63. The Kier molecular flexibility index (Phi) is 0.415. The van der Waals surface area contributed by atoms with Crippen LogP contribution in [-0.2, 0) is 0 Å². The minimum absolute atomic E-state index is 1.03. The Morgan fingerprint density at radius 2 is 1.50 bits per heavy atom. The molecular formula is C8H10. The van der Waals surface area contributed by atoms with Gasteiger partial charge in [0.2, 0.25) is 0 Å². The van der Waals surface area contributed by atoms with Gasteiger partial charge < -0.3 is 0 Å². The Hall–Kier alpha value is -0.260. The highest BCUT2D eigenvalue weighted by atomic mass is 14.6. The summed E-state index contributed by atoms with van der Waals surface area (Å²) >= 11 is 0. The molecule has 0 amide bonds. The van der Waals surface area contributed by atoms with Crippen LogP contribution < -0.4 is 0 Å². The second kappa shape index (κ2) is 0.896. The topological polar surface area (TPSA) is 0 Å². The largest absolute Gasteiger partial charge is 0.0848 e. The third-order valence-electron chi connectivity index (χ3n) is 3.14. The van der Waals surface area contributed by atoms with E-state index >= 15 is 0 Å². The molecule has 0 unspecified atom stereocenters. The summed E-state index contributed by atoms with van der Waals surface area (Å²) in [6, 6.07) is 0. The van der Waals surface area contributed by atoms with Crippen LogP contribution >= 0.6 is 0 Å². The van der Waals surface area contributed by atoms with Crippen molar-refractivity contribution in [3.05, 3.63) is 12.2 Å². The maximum atomic E-state index is 2.44. The van der Waals surface area contributed by atoms with E-state index in [1.165, 1.54) is 6.42 Å². The van der Waals surface area contributed by atoms with Gasteiger partial charge in [-0.15, -0.1) is 0 Å². The summed E-state index contributed by atoms with van der Waals surface area (Å²) in [5.74, 6) is 4.38. The summed E-state index contributed by atoms with van der Waals surface area (Å²) in [4.78, 5) is 0. The standard InChI is InChI=1S/C8H10/c1-2-6-3-5(1)7-4-8(6)7/h1-2,5-8H,3-4H2/t5-,6+,7+,8-. The van der Waals surface area contributed by atoms with Crippen molar-refractivity contribution in [3.8, 4) is 0 Å². The van der Waals surface area contributed by atoms with Crippen molar-refractivity contribution in [2.24, 2.45) is 23.7 Å². The lowest BCUT2D eigenvalue weighted by Gasteiger charge is -1.97. The van der Waals surface area contributed by atoms with E-state index in [2.05, 4.69) is 12.2 Å². The average molecular weight is 106 g/mol. The van der Waals surface area contributed by atoms with Crippen molar-refractivity contribution >= 4 is 0 Å². The second-order valence-corrected chi connectivity index (χ2v) is 3.51. The zero-order chi connectivity index (χ0) is 5.14. The first-order chi connectivity index (χ1) is 3.95. The molecule has 3 aliphatic carbocycles. The Morgan fingerprint density at radius 3 is 1.88 bits per heavy atom. The third-order valence-corrected chi connectivity index (χ3v) is 3.14. The van der Waals surface area contributed by atoms with Crippen LogP contribution in [0.25, 0.3) is 0 Å². The van der Waals surface area contributed by atoms with Gasteiger partial charge in [-0.1, -0.05) is 12.2 Å². The number of hydrogen-bond donors (Lipinski definition) is 0. The van der Waals surface area contributed by atoms with Gasteiger partial charge in [0.05, 0.1) is 0 Å². The molecule has 2 fully saturated rings. The average Bonchev–Trinajstić information content (AvgIpc) is 2.39. The summed E-state index contributed by atoms with van der Waals surface area (Å²) in [6.45, 7) is 0. The van der Waals surface area contributed by atoms with Crippen LogP contribution in [-0.4, -0.2) is 0 Å². The maximum absolute atomic E-state index is 2.44. The number of rotatable bonds is 0. The highest BCUT2D eigenvalue weighted by Gasteiger charge is 2.54. The monoisotopic (exact) mass is 106 g/mol. The Labute approximate surface area is 49.6 Å². The van der Waals surface area contributed by atoms with Crippen LogP contribution in [0.1, 0.15) is 12.8 Å². The van der Waals surface area contributed by atoms with E-state index in [1.54, 1.807) is 6.42 Å². The van der Waals surface area contributed by atoms with Gasteiger partial charge in [0.1, 0.15) is 0 Å². The predicted octanol–water partition coefficient (Wildman–Crippen LogP) is 1.83. The molecule has 0 nitrogen and oxygen atoms in total. The van der Waals surface area contributed by atoms with Gasteiger partial charge in [0.15, 0.2) is 0 Å². The first-order valence-electron chi connectivity index (χ1n) is 3.63. The normalized spacial score (nSPS) is 64.0. The van der Waals surface area contributed by atoms with Crippen molar-refractivity contribution in [2.45, 2.75) is 12.8 Å². The molecule has 0 heteroatoms. The molecule has 0 radical (unpaired) electrons. The molecule has 0 saturated heterocycles. The van der Waals surface area contributed by atoms with Crippen molar-refractivity contribution in [2.75, 3.05) is 0 Å². The molecule has 42 valence electrons. The minimum Gasteiger partial charge on any atom is -0.0848 e. The fourth-order valence-corrected chi connectivity index (χ4v) is 2.61. The Morgan fingerprint density at radius 1 is 0.875 bits per heavy atom. The third kappa shape index (κ3) is 0.249. The molecule has 2 saturated carbocycles. The molecule has 3 aliphatic rings. The molecule has 3 rings (SSSR count). The first kappa shape index (κ1) is 3.71. The zero-order valence-electron chi connectivity index (χ0n) is 4.88. The summed E-state index contributed by atoms with van der Waals surface area (Å²) in [5.41, 5.74) is 0. The summed E-state index contributed by atoms with van der Waals surface area (Å²) in [5, 5.41) is 0. The predicted molar refractivity (Wildman–Crippen MR) is 32.3 cm³/mol. The van der Waals surface area contributed by atoms with Crippen LogP contribution in [0.2, 0.25) is 0 Å². The molecule has 8 heavy (non-hydrogen) atoms. The summed E-state index contributed by atoms with van der Waals surface area (Å²) < 4.78 is 0. The van der Waals surface area contributed by atoms with Crippen LogP contribution in [0.3, 0.4) is 0 Å². The lowest BCUT2D eigenvalue weighted by Crippen LogP contribution is -1.88. The van der Waals surface area contributed by atoms with E-state index in [-0.39, 0.29) is 0 Å². The quantitative estimate of drug-likeness (QED) is 0.413. The van der Waals surface area contributed by atoms with Crippen molar-refractivity contribution in [1.82, 2.24) is 0 Å². The fourth-order valence-electron chi connectivity index (χ4n) is 2.61. The van der Waals surface area contributed by atoms with Gasteiger partial charge in [-0.3, -0.25) is 0 Å². The molecule has 0 aromatic heterocycles. The zero-order valence-corrected chi connectivity index (χ0v) is 4.88. The fraction of sp³-hybridized carbons (Fsp3) is 0.750. The van der Waals surface area contributed by atoms with E-state index in [4.69, 9.17) is 0 Å². The smallest absolute Gasteiger partial charge is 0.0196 e. The SMILES string of the molecule is C1=C[C@H]2C[C@@H]1[C@@H]1C[C@@H]12. The highest BCUT2D eigenvalue weighted by Crippen LogP contribution is 2.62. The Bertz CT molecular complexity index is 141. The lowest BCUT2D eigenvalue weighted by molar-refractivity contribution is 0.574. The van der Waals surface area contributed by atoms with E-state index in [9.17, 15) is 0 Å². The minimum atomic E-state index is 1.03.